The summed E-state index contributed by atoms with van der Waals surface area (Å²) in [6.45, 7) is 15.8. The second-order valence-electron chi connectivity index (χ2n) is 5.85. The van der Waals surface area contributed by atoms with Crippen molar-refractivity contribution in [3.05, 3.63) is 23.8 Å². The monoisotopic (exact) mass is 192 g/mol. The maximum atomic E-state index is 4.30. The van der Waals surface area contributed by atoms with E-state index in [2.05, 4.69) is 47.3 Å². The fourth-order valence-corrected chi connectivity index (χ4v) is 2.09. The standard InChI is InChI=1S/C14H24/c1-10-7-8-13(9-10)11(2)12(3)14(4,5)6/h7,12-13H,2,8-9H2,1,3-6H3. The van der Waals surface area contributed by atoms with E-state index in [9.17, 15) is 0 Å². The third-order valence-electron chi connectivity index (χ3n) is 3.70. The lowest BCUT2D eigenvalue weighted by atomic mass is 9.73. The van der Waals surface area contributed by atoms with Crippen LogP contribution in [0.4, 0.5) is 0 Å². The molecule has 0 radical (unpaired) electrons. The summed E-state index contributed by atoms with van der Waals surface area (Å²) in [6, 6.07) is 0. The summed E-state index contributed by atoms with van der Waals surface area (Å²) in [7, 11) is 0. The van der Waals surface area contributed by atoms with Crippen LogP contribution in [-0.2, 0) is 0 Å². The van der Waals surface area contributed by atoms with Gasteiger partial charge in [-0.15, -0.1) is 0 Å². The van der Waals surface area contributed by atoms with Crippen LogP contribution in [-0.4, -0.2) is 0 Å². The fourth-order valence-electron chi connectivity index (χ4n) is 2.09. The summed E-state index contributed by atoms with van der Waals surface area (Å²) >= 11 is 0. The van der Waals surface area contributed by atoms with Gasteiger partial charge in [0.1, 0.15) is 0 Å². The Hall–Kier alpha value is -0.520. The summed E-state index contributed by atoms with van der Waals surface area (Å²) in [5.41, 5.74) is 3.34. The van der Waals surface area contributed by atoms with Crippen LogP contribution < -0.4 is 0 Å². The molecule has 1 aliphatic rings. The van der Waals surface area contributed by atoms with E-state index < -0.39 is 0 Å². The van der Waals surface area contributed by atoms with Crippen LogP contribution in [0.2, 0.25) is 0 Å². The lowest BCUT2D eigenvalue weighted by molar-refractivity contribution is 0.282. The molecule has 0 nitrogen and oxygen atoms in total. The van der Waals surface area contributed by atoms with Gasteiger partial charge in [-0.2, -0.15) is 0 Å². The number of rotatable bonds is 2. The minimum absolute atomic E-state index is 0.355. The first-order chi connectivity index (χ1) is 6.32. The van der Waals surface area contributed by atoms with Gasteiger partial charge < -0.3 is 0 Å². The molecule has 2 atom stereocenters. The van der Waals surface area contributed by atoms with Gasteiger partial charge in [0.15, 0.2) is 0 Å². The predicted octanol–water partition coefficient (Wildman–Crippen LogP) is 4.58. The van der Waals surface area contributed by atoms with Gasteiger partial charge in [-0.3, -0.25) is 0 Å². The van der Waals surface area contributed by atoms with E-state index in [0.717, 1.165) is 0 Å². The number of allylic oxidation sites excluding steroid dienone is 3. The Bertz CT molecular complexity index is 250. The molecule has 1 aliphatic carbocycles. The van der Waals surface area contributed by atoms with Crippen molar-refractivity contribution in [2.24, 2.45) is 17.3 Å². The molecule has 0 aliphatic heterocycles. The Morgan fingerprint density at radius 1 is 1.50 bits per heavy atom. The van der Waals surface area contributed by atoms with E-state index in [4.69, 9.17) is 0 Å². The Labute approximate surface area is 89.1 Å². The quantitative estimate of drug-likeness (QED) is 0.562. The smallest absolute Gasteiger partial charge is 0.0131 e. The van der Waals surface area contributed by atoms with Crippen molar-refractivity contribution < 1.29 is 0 Å². The zero-order valence-electron chi connectivity index (χ0n) is 10.4. The maximum Gasteiger partial charge on any atom is -0.0131 e. The second kappa shape index (κ2) is 3.92. The molecule has 0 N–H and O–H groups in total. The number of hydrogen-bond donors (Lipinski definition) is 0. The first-order valence-electron chi connectivity index (χ1n) is 5.66. The van der Waals surface area contributed by atoms with Crippen molar-refractivity contribution in [1.29, 1.82) is 0 Å². The molecule has 0 heterocycles. The fraction of sp³-hybridized carbons (Fsp3) is 0.714. The predicted molar refractivity (Wildman–Crippen MR) is 64.2 cm³/mol. The van der Waals surface area contributed by atoms with Crippen molar-refractivity contribution in [3.63, 3.8) is 0 Å². The van der Waals surface area contributed by atoms with Crippen LogP contribution in [0, 0.1) is 17.3 Å². The maximum absolute atomic E-state index is 4.30. The average Bonchev–Trinajstić information content (AvgIpc) is 2.47. The molecule has 14 heavy (non-hydrogen) atoms. The summed E-state index contributed by atoms with van der Waals surface area (Å²) < 4.78 is 0. The Kier molecular flexibility index (Phi) is 3.24. The van der Waals surface area contributed by atoms with Crippen molar-refractivity contribution in [1.82, 2.24) is 0 Å². The third-order valence-corrected chi connectivity index (χ3v) is 3.70. The summed E-state index contributed by atoms with van der Waals surface area (Å²) in [6.07, 6.45) is 4.82. The molecule has 0 saturated carbocycles. The first kappa shape index (κ1) is 11.6. The highest BCUT2D eigenvalue weighted by molar-refractivity contribution is 5.19. The highest BCUT2D eigenvalue weighted by atomic mass is 14.3. The molecule has 0 bridgehead atoms. The average molecular weight is 192 g/mol. The highest BCUT2D eigenvalue weighted by Gasteiger charge is 2.28. The Balaban J connectivity index is 2.59. The van der Waals surface area contributed by atoms with Crippen LogP contribution >= 0.6 is 0 Å². The topological polar surface area (TPSA) is 0 Å². The molecule has 0 fully saturated rings. The molecule has 0 saturated heterocycles. The molecule has 0 aromatic carbocycles. The molecule has 0 heteroatoms. The molecule has 0 aromatic rings. The van der Waals surface area contributed by atoms with E-state index >= 15 is 0 Å². The second-order valence-corrected chi connectivity index (χ2v) is 5.85. The molecule has 2 unspecified atom stereocenters. The Morgan fingerprint density at radius 2 is 2.07 bits per heavy atom. The summed E-state index contributed by atoms with van der Waals surface area (Å²) in [4.78, 5) is 0. The van der Waals surface area contributed by atoms with E-state index in [1.165, 1.54) is 24.0 Å². The van der Waals surface area contributed by atoms with Crippen molar-refractivity contribution >= 4 is 0 Å². The molecule has 0 spiro atoms. The van der Waals surface area contributed by atoms with Gasteiger partial charge in [0.25, 0.3) is 0 Å². The normalized spacial score (nSPS) is 24.6. The Morgan fingerprint density at radius 3 is 2.43 bits per heavy atom. The molecule has 0 aromatic heterocycles. The van der Waals surface area contributed by atoms with Crippen LogP contribution in [0.3, 0.4) is 0 Å². The van der Waals surface area contributed by atoms with Gasteiger partial charge in [-0.05, 0) is 37.0 Å². The minimum atomic E-state index is 0.355. The molecular weight excluding hydrogens is 168 g/mol. The minimum Gasteiger partial charge on any atom is -0.0993 e. The van der Waals surface area contributed by atoms with Gasteiger partial charge in [-0.1, -0.05) is 51.5 Å². The molecule has 80 valence electrons. The van der Waals surface area contributed by atoms with Crippen molar-refractivity contribution in [2.45, 2.75) is 47.5 Å². The van der Waals surface area contributed by atoms with Gasteiger partial charge in [-0.25, -0.2) is 0 Å². The van der Waals surface area contributed by atoms with E-state index in [1.54, 1.807) is 0 Å². The van der Waals surface area contributed by atoms with Crippen LogP contribution in [0.15, 0.2) is 23.8 Å². The number of hydrogen-bond acceptors (Lipinski definition) is 0. The van der Waals surface area contributed by atoms with Crippen molar-refractivity contribution in [2.75, 3.05) is 0 Å². The lowest BCUT2D eigenvalue weighted by Crippen LogP contribution is -2.22. The molecular formula is C14H24. The van der Waals surface area contributed by atoms with Crippen LogP contribution in [0.1, 0.15) is 47.5 Å². The van der Waals surface area contributed by atoms with Gasteiger partial charge in [0.05, 0.1) is 0 Å². The summed E-state index contributed by atoms with van der Waals surface area (Å²) in [5.74, 6) is 1.33. The van der Waals surface area contributed by atoms with Crippen LogP contribution in [0.5, 0.6) is 0 Å². The largest absolute Gasteiger partial charge is 0.0993 e. The summed E-state index contributed by atoms with van der Waals surface area (Å²) in [5, 5.41) is 0. The first-order valence-corrected chi connectivity index (χ1v) is 5.66. The highest BCUT2D eigenvalue weighted by Crippen LogP contribution is 2.39. The van der Waals surface area contributed by atoms with Gasteiger partial charge in [0, 0.05) is 0 Å². The lowest BCUT2D eigenvalue weighted by Gasteiger charge is -2.32. The van der Waals surface area contributed by atoms with Gasteiger partial charge in [0.2, 0.25) is 0 Å². The zero-order valence-corrected chi connectivity index (χ0v) is 10.4. The van der Waals surface area contributed by atoms with Crippen molar-refractivity contribution in [3.8, 4) is 0 Å². The van der Waals surface area contributed by atoms with E-state index in [1.807, 2.05) is 0 Å². The van der Waals surface area contributed by atoms with Crippen LogP contribution in [0.25, 0.3) is 0 Å². The third kappa shape index (κ3) is 2.50. The SMILES string of the molecule is C=C(C1CC=C(C)C1)C(C)C(C)(C)C. The van der Waals surface area contributed by atoms with E-state index in [0.29, 0.717) is 17.3 Å². The van der Waals surface area contributed by atoms with E-state index in [-0.39, 0.29) is 0 Å². The molecule has 1 rings (SSSR count). The van der Waals surface area contributed by atoms with Gasteiger partial charge >= 0.3 is 0 Å². The zero-order chi connectivity index (χ0) is 10.9. The molecule has 0 amide bonds.